The van der Waals surface area contributed by atoms with Crippen molar-refractivity contribution in [3.63, 3.8) is 0 Å². The molecule has 1 aliphatic heterocycles. The first-order valence-corrected chi connectivity index (χ1v) is 5.47. The lowest BCUT2D eigenvalue weighted by atomic mass is 10.1. The second kappa shape index (κ2) is 6.07. The van der Waals surface area contributed by atoms with Crippen LogP contribution in [-0.4, -0.2) is 30.3 Å². The summed E-state index contributed by atoms with van der Waals surface area (Å²) in [6.45, 7) is 1.75. The average molecular weight is 244 g/mol. The number of unbranched alkanes of at least 4 members (excludes halogenated alkanes) is 1. The van der Waals surface area contributed by atoms with E-state index >= 15 is 0 Å². The maximum absolute atomic E-state index is 11.1. The Kier molecular flexibility index (Phi) is 4.74. The minimum absolute atomic E-state index is 0.238. The van der Waals surface area contributed by atoms with Gasteiger partial charge in [-0.15, -0.1) is 0 Å². The van der Waals surface area contributed by atoms with Gasteiger partial charge in [-0.3, -0.25) is 0 Å². The van der Waals surface area contributed by atoms with E-state index in [-0.39, 0.29) is 6.10 Å². The summed E-state index contributed by atoms with van der Waals surface area (Å²) in [4.78, 5) is 32.2. The average Bonchev–Trinajstić information content (AvgIpc) is 2.51. The smallest absolute Gasteiger partial charge is 0.415 e. The number of hydrogen-bond acceptors (Lipinski definition) is 5. The molecule has 2 unspecified atom stereocenters. The summed E-state index contributed by atoms with van der Waals surface area (Å²) >= 11 is 0. The van der Waals surface area contributed by atoms with Crippen molar-refractivity contribution in [2.45, 2.75) is 44.8 Å². The standard InChI is InChI=1S/C10H16N2O5/c1-6(16-9(11)14)4-2-3-5-7-8(13)17-10(15)12-7/h6-7H,2-5H2,1H3,(H2,11,14)(H,12,15). The maximum atomic E-state index is 11.1. The van der Waals surface area contributed by atoms with Crippen molar-refractivity contribution in [3.8, 4) is 0 Å². The van der Waals surface area contributed by atoms with Crippen molar-refractivity contribution in [2.24, 2.45) is 5.73 Å². The van der Waals surface area contributed by atoms with Crippen molar-refractivity contribution < 1.29 is 23.9 Å². The highest BCUT2D eigenvalue weighted by Gasteiger charge is 2.31. The molecule has 1 fully saturated rings. The highest BCUT2D eigenvalue weighted by atomic mass is 16.6. The minimum Gasteiger partial charge on any atom is -0.447 e. The van der Waals surface area contributed by atoms with Gasteiger partial charge in [-0.25, -0.2) is 14.4 Å². The fraction of sp³-hybridized carbons (Fsp3) is 0.700. The van der Waals surface area contributed by atoms with Crippen LogP contribution in [0.2, 0.25) is 0 Å². The molecular formula is C10H16N2O5. The number of rotatable bonds is 6. The van der Waals surface area contributed by atoms with Gasteiger partial charge in [0, 0.05) is 0 Å². The zero-order chi connectivity index (χ0) is 12.8. The second-order valence-electron chi connectivity index (χ2n) is 3.94. The summed E-state index contributed by atoms with van der Waals surface area (Å²) in [5.41, 5.74) is 4.86. The SMILES string of the molecule is CC(CCCCC1NC(=O)OC1=O)OC(N)=O. The first kappa shape index (κ1) is 13.3. The van der Waals surface area contributed by atoms with Crippen LogP contribution < -0.4 is 11.1 Å². The quantitative estimate of drug-likeness (QED) is 0.405. The van der Waals surface area contributed by atoms with E-state index in [4.69, 9.17) is 10.5 Å². The van der Waals surface area contributed by atoms with E-state index < -0.39 is 24.2 Å². The Morgan fingerprint density at radius 2 is 2.24 bits per heavy atom. The highest BCUT2D eigenvalue weighted by molar-refractivity contribution is 5.95. The van der Waals surface area contributed by atoms with Gasteiger partial charge < -0.3 is 20.5 Å². The molecule has 1 heterocycles. The van der Waals surface area contributed by atoms with E-state index in [1.807, 2.05) is 0 Å². The molecule has 0 spiro atoms. The monoisotopic (exact) mass is 244 g/mol. The number of carbonyl (C=O) groups excluding carboxylic acids is 3. The molecule has 3 N–H and O–H groups in total. The highest BCUT2D eigenvalue weighted by Crippen LogP contribution is 2.11. The van der Waals surface area contributed by atoms with Gasteiger partial charge in [0.2, 0.25) is 0 Å². The zero-order valence-corrected chi connectivity index (χ0v) is 9.60. The number of primary amides is 1. The molecular weight excluding hydrogens is 228 g/mol. The molecule has 7 nitrogen and oxygen atoms in total. The van der Waals surface area contributed by atoms with Crippen molar-refractivity contribution in [1.82, 2.24) is 5.32 Å². The van der Waals surface area contributed by atoms with Crippen LogP contribution >= 0.6 is 0 Å². The van der Waals surface area contributed by atoms with E-state index in [1.54, 1.807) is 6.92 Å². The molecule has 1 saturated heterocycles. The van der Waals surface area contributed by atoms with Crippen molar-refractivity contribution in [1.29, 1.82) is 0 Å². The third kappa shape index (κ3) is 4.71. The predicted molar refractivity (Wildman–Crippen MR) is 57.0 cm³/mol. The van der Waals surface area contributed by atoms with Crippen LogP contribution in [0.3, 0.4) is 0 Å². The summed E-state index contributed by atoms with van der Waals surface area (Å²) in [6.07, 6.45) is 0.972. The van der Waals surface area contributed by atoms with E-state index in [1.165, 1.54) is 0 Å². The molecule has 0 aromatic rings. The third-order valence-corrected chi connectivity index (χ3v) is 2.44. The van der Waals surface area contributed by atoms with E-state index in [2.05, 4.69) is 10.1 Å². The molecule has 17 heavy (non-hydrogen) atoms. The summed E-state index contributed by atoms with van der Waals surface area (Å²) in [6, 6.07) is -0.546. The van der Waals surface area contributed by atoms with Gasteiger partial charge in [0.15, 0.2) is 0 Å². The summed E-state index contributed by atoms with van der Waals surface area (Å²) in [7, 11) is 0. The molecule has 1 rings (SSSR count). The number of ether oxygens (including phenoxy) is 2. The van der Waals surface area contributed by atoms with Crippen molar-refractivity contribution in [2.75, 3.05) is 0 Å². The van der Waals surface area contributed by atoms with Crippen molar-refractivity contribution >= 4 is 18.2 Å². The number of alkyl carbamates (subject to hydrolysis) is 1. The lowest BCUT2D eigenvalue weighted by Crippen LogP contribution is -2.28. The van der Waals surface area contributed by atoms with Crippen LogP contribution in [0.1, 0.15) is 32.6 Å². The van der Waals surface area contributed by atoms with Crippen LogP contribution in [0.15, 0.2) is 0 Å². The Balaban J connectivity index is 2.10. The van der Waals surface area contributed by atoms with E-state index in [0.29, 0.717) is 12.8 Å². The number of nitrogens with one attached hydrogen (secondary N) is 1. The zero-order valence-electron chi connectivity index (χ0n) is 9.60. The van der Waals surface area contributed by atoms with Gasteiger partial charge in [0.25, 0.3) is 0 Å². The Morgan fingerprint density at radius 3 is 2.76 bits per heavy atom. The third-order valence-electron chi connectivity index (χ3n) is 2.44. The molecule has 7 heteroatoms. The van der Waals surface area contributed by atoms with Gasteiger partial charge in [-0.2, -0.15) is 0 Å². The molecule has 0 saturated carbocycles. The van der Waals surface area contributed by atoms with Gasteiger partial charge in [0.05, 0.1) is 0 Å². The largest absolute Gasteiger partial charge is 0.447 e. The van der Waals surface area contributed by atoms with Crippen LogP contribution in [0.4, 0.5) is 9.59 Å². The summed E-state index contributed by atoms with van der Waals surface area (Å²) in [5.74, 6) is -0.531. The van der Waals surface area contributed by atoms with Gasteiger partial charge >= 0.3 is 18.2 Å². The van der Waals surface area contributed by atoms with Crippen molar-refractivity contribution in [3.05, 3.63) is 0 Å². The lowest BCUT2D eigenvalue weighted by molar-refractivity contribution is -0.135. The number of esters is 1. The molecule has 96 valence electrons. The molecule has 0 aromatic heterocycles. The maximum Gasteiger partial charge on any atom is 0.415 e. The van der Waals surface area contributed by atoms with Crippen LogP contribution in [-0.2, 0) is 14.3 Å². The van der Waals surface area contributed by atoms with E-state index in [9.17, 15) is 14.4 Å². The molecule has 2 amide bonds. The van der Waals surface area contributed by atoms with Gasteiger partial charge in [-0.05, 0) is 26.2 Å². The molecule has 0 aliphatic carbocycles. The molecule has 0 radical (unpaired) electrons. The summed E-state index contributed by atoms with van der Waals surface area (Å²) in [5, 5.41) is 2.41. The number of amides is 2. The summed E-state index contributed by atoms with van der Waals surface area (Å²) < 4.78 is 9.07. The topological polar surface area (TPSA) is 108 Å². The Labute approximate surface area is 98.6 Å². The fourth-order valence-electron chi connectivity index (χ4n) is 1.62. The Hall–Kier alpha value is -1.79. The van der Waals surface area contributed by atoms with Gasteiger partial charge in [-0.1, -0.05) is 6.42 Å². The first-order valence-electron chi connectivity index (χ1n) is 5.47. The first-order chi connectivity index (χ1) is 7.99. The number of hydrogen-bond donors (Lipinski definition) is 2. The second-order valence-corrected chi connectivity index (χ2v) is 3.94. The minimum atomic E-state index is -0.788. The molecule has 2 atom stereocenters. The van der Waals surface area contributed by atoms with Crippen LogP contribution in [0.25, 0.3) is 0 Å². The predicted octanol–water partition coefficient (Wildman–Crippen LogP) is 0.666. The lowest BCUT2D eigenvalue weighted by Gasteiger charge is -2.11. The van der Waals surface area contributed by atoms with Gasteiger partial charge in [0.1, 0.15) is 12.1 Å². The molecule has 1 aliphatic rings. The Morgan fingerprint density at radius 1 is 1.53 bits per heavy atom. The molecule has 0 bridgehead atoms. The van der Waals surface area contributed by atoms with Crippen LogP contribution in [0, 0.1) is 0 Å². The number of cyclic esters (lactones) is 2. The number of nitrogens with two attached hydrogens (primary N) is 1. The fourth-order valence-corrected chi connectivity index (χ4v) is 1.62. The Bertz CT molecular complexity index is 318. The van der Waals surface area contributed by atoms with E-state index in [0.717, 1.165) is 12.8 Å². The number of carbonyl (C=O) groups is 3. The molecule has 0 aromatic carbocycles. The van der Waals surface area contributed by atoms with Crippen LogP contribution in [0.5, 0.6) is 0 Å². The normalized spacial score (nSPS) is 20.6.